The first kappa shape index (κ1) is 7.12. The van der Waals surface area contributed by atoms with Gasteiger partial charge in [0.2, 0.25) is 0 Å². The van der Waals surface area contributed by atoms with Crippen molar-refractivity contribution in [2.24, 2.45) is 7.05 Å². The molecule has 5 heteroatoms. The quantitative estimate of drug-likeness (QED) is 0.633. The van der Waals surface area contributed by atoms with Crippen molar-refractivity contribution in [2.45, 2.75) is 5.60 Å². The first-order valence-electron chi connectivity index (χ1n) is 3.37. The zero-order valence-corrected chi connectivity index (χ0v) is 7.01. The number of aromatic nitrogens is 3. The molecule has 1 aromatic heterocycles. The Labute approximate surface area is 68.6 Å². The maximum absolute atomic E-state index is 9.81. The smallest absolute Gasteiger partial charge is 0.166 e. The van der Waals surface area contributed by atoms with Crippen LogP contribution >= 0.6 is 11.8 Å². The highest BCUT2D eigenvalue weighted by Crippen LogP contribution is 2.36. The molecule has 0 amide bonds. The summed E-state index contributed by atoms with van der Waals surface area (Å²) < 4.78 is 1.76. The van der Waals surface area contributed by atoms with Gasteiger partial charge >= 0.3 is 0 Å². The molecular weight excluding hydrogens is 162 g/mol. The highest BCUT2D eigenvalue weighted by Gasteiger charge is 2.41. The molecule has 1 aliphatic heterocycles. The van der Waals surface area contributed by atoms with E-state index in [9.17, 15) is 5.11 Å². The molecule has 0 bridgehead atoms. The predicted molar refractivity (Wildman–Crippen MR) is 42.2 cm³/mol. The Morgan fingerprint density at radius 3 is 2.82 bits per heavy atom. The summed E-state index contributed by atoms with van der Waals surface area (Å²) in [6, 6.07) is 0. The van der Waals surface area contributed by atoms with Crippen LogP contribution in [0.25, 0.3) is 0 Å². The van der Waals surface area contributed by atoms with Crippen molar-refractivity contribution >= 4 is 11.8 Å². The van der Waals surface area contributed by atoms with E-state index in [0.29, 0.717) is 5.82 Å². The van der Waals surface area contributed by atoms with Gasteiger partial charge in [-0.3, -0.25) is 0 Å². The average molecular weight is 171 g/mol. The van der Waals surface area contributed by atoms with Gasteiger partial charge in [0.25, 0.3) is 0 Å². The molecule has 0 atom stereocenters. The molecular formula is C6H9N3OS. The lowest BCUT2D eigenvalue weighted by molar-refractivity contribution is 0.0637. The Kier molecular flexibility index (Phi) is 1.43. The fourth-order valence-electron chi connectivity index (χ4n) is 1.13. The van der Waals surface area contributed by atoms with Crippen molar-refractivity contribution < 1.29 is 5.11 Å². The van der Waals surface area contributed by atoms with Crippen LogP contribution in [0.5, 0.6) is 0 Å². The van der Waals surface area contributed by atoms with Crippen molar-refractivity contribution in [3.8, 4) is 0 Å². The van der Waals surface area contributed by atoms with Crippen LogP contribution in [0.15, 0.2) is 6.33 Å². The molecule has 4 nitrogen and oxygen atoms in total. The van der Waals surface area contributed by atoms with Gasteiger partial charge in [0.05, 0.1) is 0 Å². The molecule has 2 rings (SSSR count). The molecule has 1 saturated heterocycles. The average Bonchev–Trinajstić information content (AvgIpc) is 2.30. The molecule has 2 heterocycles. The van der Waals surface area contributed by atoms with Gasteiger partial charge in [0.1, 0.15) is 11.9 Å². The molecule has 1 fully saturated rings. The second kappa shape index (κ2) is 2.22. The van der Waals surface area contributed by atoms with E-state index >= 15 is 0 Å². The topological polar surface area (TPSA) is 50.9 Å². The SMILES string of the molecule is Cn1cnnc1C1(O)CSC1. The summed E-state index contributed by atoms with van der Waals surface area (Å²) in [7, 11) is 1.84. The van der Waals surface area contributed by atoms with E-state index in [1.807, 2.05) is 7.05 Å². The first-order valence-corrected chi connectivity index (χ1v) is 4.52. The molecule has 0 aromatic carbocycles. The van der Waals surface area contributed by atoms with Crippen LogP contribution in [0.1, 0.15) is 5.82 Å². The van der Waals surface area contributed by atoms with Crippen molar-refractivity contribution in [1.29, 1.82) is 0 Å². The first-order chi connectivity index (χ1) is 5.22. The fraction of sp³-hybridized carbons (Fsp3) is 0.667. The van der Waals surface area contributed by atoms with Crippen molar-refractivity contribution in [3.05, 3.63) is 12.2 Å². The lowest BCUT2D eigenvalue weighted by Crippen LogP contribution is -2.42. The number of aryl methyl sites for hydroxylation is 1. The number of nitrogens with zero attached hydrogens (tertiary/aromatic N) is 3. The van der Waals surface area contributed by atoms with Crippen LogP contribution in [0, 0.1) is 0 Å². The predicted octanol–water partition coefficient (Wildman–Crippen LogP) is -0.251. The molecule has 0 spiro atoms. The highest BCUT2D eigenvalue weighted by molar-refractivity contribution is 8.00. The van der Waals surface area contributed by atoms with Gasteiger partial charge in [-0.25, -0.2) is 0 Å². The van der Waals surface area contributed by atoms with Crippen LogP contribution in [-0.2, 0) is 12.6 Å². The lowest BCUT2D eigenvalue weighted by Gasteiger charge is -2.34. The lowest BCUT2D eigenvalue weighted by atomic mass is 10.1. The largest absolute Gasteiger partial charge is 0.380 e. The minimum absolute atomic E-state index is 0.677. The van der Waals surface area contributed by atoms with Gasteiger partial charge in [-0.15, -0.1) is 10.2 Å². The van der Waals surface area contributed by atoms with Gasteiger partial charge in [-0.2, -0.15) is 11.8 Å². The normalized spacial score (nSPS) is 21.3. The minimum atomic E-state index is -0.712. The van der Waals surface area contributed by atoms with E-state index in [0.717, 1.165) is 11.5 Å². The molecule has 11 heavy (non-hydrogen) atoms. The standard InChI is InChI=1S/C6H9N3OS/c1-9-4-7-8-5(9)6(10)2-11-3-6/h4,10H,2-3H2,1H3. The van der Waals surface area contributed by atoms with Crippen molar-refractivity contribution in [3.63, 3.8) is 0 Å². The van der Waals surface area contributed by atoms with Gasteiger partial charge in [-0.1, -0.05) is 0 Å². The van der Waals surface area contributed by atoms with E-state index < -0.39 is 5.60 Å². The number of rotatable bonds is 1. The zero-order valence-electron chi connectivity index (χ0n) is 6.19. The summed E-state index contributed by atoms with van der Waals surface area (Å²) in [5, 5.41) is 17.4. The Morgan fingerprint density at radius 2 is 2.45 bits per heavy atom. The molecule has 0 saturated carbocycles. The summed E-state index contributed by atoms with van der Waals surface area (Å²) >= 11 is 1.72. The monoisotopic (exact) mass is 171 g/mol. The van der Waals surface area contributed by atoms with E-state index in [1.165, 1.54) is 0 Å². The van der Waals surface area contributed by atoms with Crippen LogP contribution in [0.4, 0.5) is 0 Å². The fourth-order valence-corrected chi connectivity index (χ4v) is 1.98. The van der Waals surface area contributed by atoms with Gasteiger partial charge in [0, 0.05) is 18.6 Å². The van der Waals surface area contributed by atoms with Crippen molar-refractivity contribution in [1.82, 2.24) is 14.8 Å². The number of hydrogen-bond acceptors (Lipinski definition) is 4. The Morgan fingerprint density at radius 1 is 1.73 bits per heavy atom. The Balaban J connectivity index is 2.35. The third-order valence-electron chi connectivity index (χ3n) is 1.81. The van der Waals surface area contributed by atoms with E-state index in [2.05, 4.69) is 10.2 Å². The molecule has 1 aromatic rings. The van der Waals surface area contributed by atoms with Crippen molar-refractivity contribution in [2.75, 3.05) is 11.5 Å². The van der Waals surface area contributed by atoms with E-state index in [-0.39, 0.29) is 0 Å². The zero-order chi connectivity index (χ0) is 7.90. The second-order valence-corrected chi connectivity index (χ2v) is 3.78. The van der Waals surface area contributed by atoms with Gasteiger partial charge in [-0.05, 0) is 0 Å². The van der Waals surface area contributed by atoms with Gasteiger partial charge in [0.15, 0.2) is 5.82 Å². The Hall–Kier alpha value is -0.550. The number of aliphatic hydroxyl groups is 1. The Bertz CT molecular complexity index is 269. The van der Waals surface area contributed by atoms with E-state index in [1.54, 1.807) is 22.7 Å². The molecule has 1 N–H and O–H groups in total. The summed E-state index contributed by atoms with van der Waals surface area (Å²) in [6.07, 6.45) is 1.61. The molecule has 1 aliphatic rings. The molecule has 0 aliphatic carbocycles. The third-order valence-corrected chi connectivity index (χ3v) is 3.17. The molecule has 0 radical (unpaired) electrons. The molecule has 60 valence electrons. The van der Waals surface area contributed by atoms with Crippen LogP contribution in [0.3, 0.4) is 0 Å². The summed E-state index contributed by atoms with van der Waals surface area (Å²) in [5.41, 5.74) is -0.712. The third kappa shape index (κ3) is 0.954. The molecule has 0 unspecified atom stereocenters. The summed E-state index contributed by atoms with van der Waals surface area (Å²) in [5.74, 6) is 2.15. The second-order valence-electron chi connectivity index (χ2n) is 2.79. The maximum atomic E-state index is 9.81. The van der Waals surface area contributed by atoms with Crippen LogP contribution < -0.4 is 0 Å². The number of hydrogen-bond donors (Lipinski definition) is 1. The van der Waals surface area contributed by atoms with E-state index in [4.69, 9.17) is 0 Å². The highest BCUT2D eigenvalue weighted by atomic mass is 32.2. The van der Waals surface area contributed by atoms with Crippen LogP contribution in [-0.4, -0.2) is 31.4 Å². The summed E-state index contributed by atoms with van der Waals surface area (Å²) in [4.78, 5) is 0. The summed E-state index contributed by atoms with van der Waals surface area (Å²) in [6.45, 7) is 0. The number of thioether (sulfide) groups is 1. The van der Waals surface area contributed by atoms with Crippen LogP contribution in [0.2, 0.25) is 0 Å². The minimum Gasteiger partial charge on any atom is -0.380 e. The van der Waals surface area contributed by atoms with Gasteiger partial charge < -0.3 is 9.67 Å². The maximum Gasteiger partial charge on any atom is 0.166 e.